The number of hydrogen-bond donors (Lipinski definition) is 2. The molecule has 6 nitrogen and oxygen atoms in total. The molecule has 0 aliphatic carbocycles. The van der Waals surface area contributed by atoms with Crippen LogP contribution in [0.5, 0.6) is 0 Å². The molecule has 1 heterocycles. The first-order valence-corrected chi connectivity index (χ1v) is 8.82. The lowest BCUT2D eigenvalue weighted by Gasteiger charge is -2.11. The van der Waals surface area contributed by atoms with Gasteiger partial charge in [0, 0.05) is 22.6 Å². The SMILES string of the molecule is COC(=O)c1cccc(NC(=O)c2cncc(Nc3ccc(Cl)cc3C)c2)c1. The smallest absolute Gasteiger partial charge is 0.337 e. The van der Waals surface area contributed by atoms with E-state index < -0.39 is 5.97 Å². The highest BCUT2D eigenvalue weighted by Crippen LogP contribution is 2.24. The number of benzene rings is 2. The molecule has 0 aliphatic rings. The first-order valence-electron chi connectivity index (χ1n) is 8.44. The fourth-order valence-corrected chi connectivity index (χ4v) is 2.83. The van der Waals surface area contributed by atoms with Crippen LogP contribution in [0.1, 0.15) is 26.3 Å². The van der Waals surface area contributed by atoms with Crippen LogP contribution in [-0.2, 0) is 4.74 Å². The van der Waals surface area contributed by atoms with Gasteiger partial charge in [0.15, 0.2) is 0 Å². The molecule has 142 valence electrons. The number of carbonyl (C=O) groups is 2. The van der Waals surface area contributed by atoms with Crippen molar-refractivity contribution in [2.75, 3.05) is 17.7 Å². The minimum absolute atomic E-state index is 0.342. The van der Waals surface area contributed by atoms with E-state index in [1.807, 2.05) is 19.1 Å². The molecule has 3 aromatic rings. The Morgan fingerprint density at radius 2 is 1.79 bits per heavy atom. The number of esters is 1. The van der Waals surface area contributed by atoms with E-state index in [0.29, 0.717) is 27.5 Å². The zero-order valence-corrected chi connectivity index (χ0v) is 16.1. The second-order valence-corrected chi connectivity index (χ2v) is 6.51. The van der Waals surface area contributed by atoms with Crippen LogP contribution in [0, 0.1) is 6.92 Å². The number of hydrogen-bond acceptors (Lipinski definition) is 5. The minimum atomic E-state index is -0.470. The fourth-order valence-electron chi connectivity index (χ4n) is 2.60. The first kappa shape index (κ1) is 19.4. The van der Waals surface area contributed by atoms with Gasteiger partial charge in [-0.3, -0.25) is 9.78 Å². The molecule has 0 saturated carbocycles. The Morgan fingerprint density at radius 3 is 2.54 bits per heavy atom. The first-order chi connectivity index (χ1) is 13.5. The number of aromatic nitrogens is 1. The Labute approximate surface area is 167 Å². The van der Waals surface area contributed by atoms with Gasteiger partial charge in [-0.1, -0.05) is 17.7 Å². The number of ether oxygens (including phenoxy) is 1. The monoisotopic (exact) mass is 395 g/mol. The van der Waals surface area contributed by atoms with Crippen LogP contribution in [0.2, 0.25) is 5.02 Å². The summed E-state index contributed by atoms with van der Waals surface area (Å²) >= 11 is 5.98. The number of nitrogens with one attached hydrogen (secondary N) is 2. The fraction of sp³-hybridized carbons (Fsp3) is 0.0952. The van der Waals surface area contributed by atoms with E-state index in [0.717, 1.165) is 11.3 Å². The summed E-state index contributed by atoms with van der Waals surface area (Å²) < 4.78 is 4.69. The topological polar surface area (TPSA) is 80.3 Å². The van der Waals surface area contributed by atoms with Crippen molar-refractivity contribution in [3.63, 3.8) is 0 Å². The molecule has 0 atom stereocenters. The number of methoxy groups -OCH3 is 1. The lowest BCUT2D eigenvalue weighted by atomic mass is 10.1. The number of nitrogens with zero attached hydrogens (tertiary/aromatic N) is 1. The van der Waals surface area contributed by atoms with Crippen molar-refractivity contribution in [2.45, 2.75) is 6.92 Å². The summed E-state index contributed by atoms with van der Waals surface area (Å²) in [6.07, 6.45) is 3.10. The van der Waals surface area contributed by atoms with E-state index >= 15 is 0 Å². The van der Waals surface area contributed by atoms with Crippen LogP contribution in [0.4, 0.5) is 17.1 Å². The molecule has 1 aromatic heterocycles. The molecule has 0 fully saturated rings. The van der Waals surface area contributed by atoms with Crippen molar-refractivity contribution in [2.24, 2.45) is 0 Å². The van der Waals surface area contributed by atoms with Crippen molar-refractivity contribution < 1.29 is 14.3 Å². The molecule has 0 saturated heterocycles. The van der Waals surface area contributed by atoms with Crippen LogP contribution in [-0.4, -0.2) is 24.0 Å². The average Bonchev–Trinajstić information content (AvgIpc) is 2.70. The van der Waals surface area contributed by atoms with Crippen molar-refractivity contribution in [1.82, 2.24) is 4.98 Å². The second-order valence-electron chi connectivity index (χ2n) is 6.07. The van der Waals surface area contributed by atoms with Gasteiger partial charge < -0.3 is 15.4 Å². The Hall–Kier alpha value is -3.38. The van der Waals surface area contributed by atoms with E-state index in [2.05, 4.69) is 15.6 Å². The number of carbonyl (C=O) groups excluding carboxylic acids is 2. The highest BCUT2D eigenvalue weighted by molar-refractivity contribution is 6.30. The van der Waals surface area contributed by atoms with E-state index in [1.165, 1.54) is 13.3 Å². The Morgan fingerprint density at radius 1 is 1.00 bits per heavy atom. The zero-order chi connectivity index (χ0) is 20.1. The van der Waals surface area contributed by atoms with Gasteiger partial charge >= 0.3 is 5.97 Å². The predicted octanol–water partition coefficient (Wildman–Crippen LogP) is 4.83. The van der Waals surface area contributed by atoms with Crippen molar-refractivity contribution >= 4 is 40.5 Å². The molecular weight excluding hydrogens is 378 g/mol. The highest BCUT2D eigenvalue weighted by Gasteiger charge is 2.11. The van der Waals surface area contributed by atoms with Crippen LogP contribution < -0.4 is 10.6 Å². The summed E-state index contributed by atoms with van der Waals surface area (Å²) in [5.41, 5.74) is 3.73. The molecule has 1 amide bonds. The molecule has 2 aromatic carbocycles. The van der Waals surface area contributed by atoms with Gasteiger partial charge in [0.05, 0.1) is 30.1 Å². The molecular formula is C21H18ClN3O3. The number of amides is 1. The van der Waals surface area contributed by atoms with Gasteiger partial charge in [0.25, 0.3) is 5.91 Å². The summed E-state index contributed by atoms with van der Waals surface area (Å²) in [6, 6.07) is 13.7. The Kier molecular flexibility index (Phi) is 5.91. The van der Waals surface area contributed by atoms with Crippen LogP contribution in [0.25, 0.3) is 0 Å². The molecule has 2 N–H and O–H groups in total. The lowest BCUT2D eigenvalue weighted by Crippen LogP contribution is -2.13. The van der Waals surface area contributed by atoms with Crippen molar-refractivity contribution in [3.8, 4) is 0 Å². The maximum atomic E-state index is 12.6. The number of rotatable bonds is 5. The van der Waals surface area contributed by atoms with E-state index in [-0.39, 0.29) is 5.91 Å². The second kappa shape index (κ2) is 8.54. The van der Waals surface area contributed by atoms with Gasteiger partial charge in [-0.25, -0.2) is 4.79 Å². The molecule has 0 aliphatic heterocycles. The minimum Gasteiger partial charge on any atom is -0.465 e. The van der Waals surface area contributed by atoms with E-state index in [9.17, 15) is 9.59 Å². The molecule has 0 spiro atoms. The van der Waals surface area contributed by atoms with E-state index in [4.69, 9.17) is 16.3 Å². The maximum Gasteiger partial charge on any atom is 0.337 e. The zero-order valence-electron chi connectivity index (χ0n) is 15.3. The molecule has 0 radical (unpaired) electrons. The maximum absolute atomic E-state index is 12.6. The number of pyridine rings is 1. The lowest BCUT2D eigenvalue weighted by molar-refractivity contribution is 0.0600. The van der Waals surface area contributed by atoms with Gasteiger partial charge in [-0.15, -0.1) is 0 Å². The summed E-state index contributed by atoms with van der Waals surface area (Å²) in [6.45, 7) is 1.94. The average molecular weight is 396 g/mol. The summed E-state index contributed by atoms with van der Waals surface area (Å²) in [4.78, 5) is 28.3. The van der Waals surface area contributed by atoms with Gasteiger partial charge in [0.1, 0.15) is 0 Å². The van der Waals surface area contributed by atoms with E-state index in [1.54, 1.807) is 42.6 Å². The molecule has 0 unspecified atom stereocenters. The molecule has 0 bridgehead atoms. The third-order valence-electron chi connectivity index (χ3n) is 4.01. The van der Waals surface area contributed by atoms with Crippen molar-refractivity contribution in [3.05, 3.63) is 82.6 Å². The standard InChI is InChI=1S/C21H18ClN3O3/c1-13-8-16(22)6-7-19(13)24-18-10-15(11-23-12-18)20(26)25-17-5-3-4-14(9-17)21(27)28-2/h3-12,24H,1-2H3,(H,25,26). The third-order valence-corrected chi connectivity index (χ3v) is 4.24. The Bertz CT molecular complexity index is 1040. The molecule has 28 heavy (non-hydrogen) atoms. The van der Waals surface area contributed by atoms with Crippen LogP contribution in [0.15, 0.2) is 60.9 Å². The number of anilines is 3. The van der Waals surface area contributed by atoms with Gasteiger partial charge in [0.2, 0.25) is 0 Å². The Balaban J connectivity index is 1.76. The van der Waals surface area contributed by atoms with Crippen LogP contribution >= 0.6 is 11.6 Å². The van der Waals surface area contributed by atoms with Crippen molar-refractivity contribution in [1.29, 1.82) is 0 Å². The molecule has 7 heteroatoms. The largest absolute Gasteiger partial charge is 0.465 e. The predicted molar refractivity (Wildman–Crippen MR) is 109 cm³/mol. The normalized spacial score (nSPS) is 10.2. The van der Waals surface area contributed by atoms with Crippen LogP contribution in [0.3, 0.4) is 0 Å². The van der Waals surface area contributed by atoms with Gasteiger partial charge in [-0.2, -0.15) is 0 Å². The highest BCUT2D eigenvalue weighted by atomic mass is 35.5. The number of aryl methyl sites for hydroxylation is 1. The summed E-state index contributed by atoms with van der Waals surface area (Å²) in [5, 5.41) is 6.64. The summed E-state index contributed by atoms with van der Waals surface area (Å²) in [5.74, 6) is -0.812. The quantitative estimate of drug-likeness (QED) is 0.605. The van der Waals surface area contributed by atoms with Gasteiger partial charge in [-0.05, 0) is 55.0 Å². The third kappa shape index (κ3) is 4.66. The summed E-state index contributed by atoms with van der Waals surface area (Å²) in [7, 11) is 1.31. The number of halogens is 1. The molecule has 3 rings (SSSR count).